The minimum Gasteiger partial charge on any atom is -0.372 e. The van der Waals surface area contributed by atoms with E-state index in [9.17, 15) is 0 Å². The van der Waals surface area contributed by atoms with Crippen LogP contribution < -0.4 is 5.32 Å². The molecule has 0 radical (unpaired) electrons. The van der Waals surface area contributed by atoms with Crippen LogP contribution in [0, 0.1) is 3.57 Å². The Balaban J connectivity index is 2.68. The van der Waals surface area contributed by atoms with Crippen LogP contribution in [-0.2, 0) is 0 Å². The first-order valence-electron chi connectivity index (χ1n) is 6.14. The van der Waals surface area contributed by atoms with E-state index in [1.807, 2.05) is 25.2 Å². The van der Waals surface area contributed by atoms with E-state index in [2.05, 4.69) is 62.7 Å². The van der Waals surface area contributed by atoms with E-state index in [0.29, 0.717) is 16.8 Å². The minimum atomic E-state index is 0.328. The second kappa shape index (κ2) is 6.58. The zero-order valence-corrected chi connectivity index (χ0v) is 15.8. The molecule has 2 rings (SSSR count). The first-order chi connectivity index (χ1) is 9.43. The summed E-state index contributed by atoms with van der Waals surface area (Å²) in [5.74, 6) is 1.84. The van der Waals surface area contributed by atoms with Gasteiger partial charge in [0.15, 0.2) is 5.82 Å². The summed E-state index contributed by atoms with van der Waals surface area (Å²) >= 11 is 11.9. The van der Waals surface area contributed by atoms with Crippen LogP contribution in [0.15, 0.2) is 22.7 Å². The molecule has 20 heavy (non-hydrogen) atoms. The van der Waals surface area contributed by atoms with Crippen LogP contribution in [0.1, 0.15) is 25.5 Å². The number of hydrogen-bond acceptors (Lipinski definition) is 3. The number of aromatic nitrogens is 2. The van der Waals surface area contributed by atoms with Crippen LogP contribution in [0.4, 0.5) is 5.82 Å². The molecule has 106 valence electrons. The van der Waals surface area contributed by atoms with Crippen molar-refractivity contribution in [2.24, 2.45) is 0 Å². The van der Waals surface area contributed by atoms with Crippen molar-refractivity contribution in [3.05, 3.63) is 37.0 Å². The van der Waals surface area contributed by atoms with Crippen molar-refractivity contribution < 1.29 is 0 Å². The fraction of sp³-hybridized carbons (Fsp3) is 0.286. The number of rotatable bonds is 3. The number of anilines is 1. The van der Waals surface area contributed by atoms with E-state index < -0.39 is 0 Å². The largest absolute Gasteiger partial charge is 0.372 e. The molecule has 0 saturated heterocycles. The molecule has 0 spiro atoms. The Bertz CT molecular complexity index is 647. The van der Waals surface area contributed by atoms with Crippen molar-refractivity contribution >= 4 is 55.9 Å². The van der Waals surface area contributed by atoms with Crippen molar-refractivity contribution in [3.8, 4) is 11.4 Å². The summed E-state index contributed by atoms with van der Waals surface area (Å²) in [6, 6.07) is 5.62. The normalized spacial score (nSPS) is 10.9. The van der Waals surface area contributed by atoms with Gasteiger partial charge >= 0.3 is 0 Å². The molecule has 2 aromatic rings. The van der Waals surface area contributed by atoms with E-state index in [4.69, 9.17) is 16.6 Å². The van der Waals surface area contributed by atoms with Gasteiger partial charge < -0.3 is 5.32 Å². The fourth-order valence-electron chi connectivity index (χ4n) is 1.80. The highest BCUT2D eigenvalue weighted by atomic mass is 127. The van der Waals surface area contributed by atoms with Crippen molar-refractivity contribution in [2.75, 3.05) is 12.4 Å². The van der Waals surface area contributed by atoms with Gasteiger partial charge in [-0.1, -0.05) is 41.4 Å². The monoisotopic (exact) mass is 465 g/mol. The molecule has 0 saturated carbocycles. The van der Waals surface area contributed by atoms with Gasteiger partial charge in [-0.15, -0.1) is 0 Å². The van der Waals surface area contributed by atoms with E-state index >= 15 is 0 Å². The standard InChI is InChI=1S/C14H14BrClIN3/c1-7(2)12-11(17)14(18-3)20-13(19-12)9-6-8(16)4-5-10(9)15/h4-7H,1-3H3,(H,18,19,20). The van der Waals surface area contributed by atoms with Crippen LogP contribution in [0.2, 0.25) is 5.02 Å². The maximum atomic E-state index is 6.08. The third-order valence-corrected chi connectivity index (χ3v) is 4.82. The van der Waals surface area contributed by atoms with E-state index in [1.165, 1.54) is 0 Å². The SMILES string of the molecule is CNc1nc(-c2cc(Cl)ccc2Br)nc(C(C)C)c1I. The van der Waals surface area contributed by atoms with Crippen LogP contribution in [-0.4, -0.2) is 17.0 Å². The third kappa shape index (κ3) is 3.26. The molecule has 1 aromatic carbocycles. The highest BCUT2D eigenvalue weighted by molar-refractivity contribution is 14.1. The number of hydrogen-bond donors (Lipinski definition) is 1. The number of nitrogens with zero attached hydrogens (tertiary/aromatic N) is 2. The van der Waals surface area contributed by atoms with Gasteiger partial charge in [0.1, 0.15) is 5.82 Å². The first-order valence-corrected chi connectivity index (χ1v) is 8.39. The van der Waals surface area contributed by atoms with Crippen LogP contribution >= 0.6 is 50.1 Å². The summed E-state index contributed by atoms with van der Waals surface area (Å²) < 4.78 is 1.99. The van der Waals surface area contributed by atoms with Crippen LogP contribution in [0.5, 0.6) is 0 Å². The first kappa shape index (κ1) is 16.0. The second-order valence-electron chi connectivity index (χ2n) is 4.62. The van der Waals surface area contributed by atoms with Crippen molar-refractivity contribution in [1.82, 2.24) is 9.97 Å². The van der Waals surface area contributed by atoms with E-state index in [0.717, 1.165) is 25.1 Å². The van der Waals surface area contributed by atoms with Crippen molar-refractivity contribution in [3.63, 3.8) is 0 Å². The maximum absolute atomic E-state index is 6.08. The molecule has 0 fully saturated rings. The summed E-state index contributed by atoms with van der Waals surface area (Å²) in [5.41, 5.74) is 1.93. The fourth-order valence-corrected chi connectivity index (χ4v) is 3.53. The van der Waals surface area contributed by atoms with Crippen LogP contribution in [0.3, 0.4) is 0 Å². The molecule has 0 aliphatic carbocycles. The summed E-state index contributed by atoms with van der Waals surface area (Å²) in [4.78, 5) is 9.29. The molecule has 0 aliphatic heterocycles. The van der Waals surface area contributed by atoms with Crippen molar-refractivity contribution in [2.45, 2.75) is 19.8 Å². The summed E-state index contributed by atoms with van der Waals surface area (Å²) in [6.45, 7) is 4.25. The minimum absolute atomic E-state index is 0.328. The number of nitrogens with one attached hydrogen (secondary N) is 1. The van der Waals surface area contributed by atoms with Crippen LogP contribution in [0.25, 0.3) is 11.4 Å². The Morgan fingerprint density at radius 3 is 2.60 bits per heavy atom. The Labute approximate surface area is 145 Å². The lowest BCUT2D eigenvalue weighted by Crippen LogP contribution is -2.06. The quantitative estimate of drug-likeness (QED) is 0.622. The average Bonchev–Trinajstić information content (AvgIpc) is 2.41. The Hall–Kier alpha value is -0.400. The maximum Gasteiger partial charge on any atom is 0.163 e. The lowest BCUT2D eigenvalue weighted by molar-refractivity contribution is 0.809. The highest BCUT2D eigenvalue weighted by Crippen LogP contribution is 2.32. The Morgan fingerprint density at radius 1 is 1.30 bits per heavy atom. The van der Waals surface area contributed by atoms with E-state index in [1.54, 1.807) is 0 Å². The molecule has 6 heteroatoms. The van der Waals surface area contributed by atoms with Gasteiger partial charge in [0.05, 0.1) is 9.26 Å². The van der Waals surface area contributed by atoms with Gasteiger partial charge in [0.25, 0.3) is 0 Å². The topological polar surface area (TPSA) is 37.8 Å². The molecule has 0 unspecified atom stereocenters. The molecule has 0 atom stereocenters. The Kier molecular flexibility index (Phi) is 5.25. The molecular formula is C14H14BrClIN3. The predicted molar refractivity (Wildman–Crippen MR) is 96.5 cm³/mol. The molecule has 1 heterocycles. The lowest BCUT2D eigenvalue weighted by Gasteiger charge is -2.14. The number of halogens is 3. The number of benzene rings is 1. The predicted octanol–water partition coefficient (Wildman–Crippen LogP) is 5.33. The second-order valence-corrected chi connectivity index (χ2v) is 6.99. The molecule has 0 aliphatic rings. The van der Waals surface area contributed by atoms with Gasteiger partial charge in [-0.2, -0.15) is 0 Å². The van der Waals surface area contributed by atoms with Gasteiger partial charge in [-0.25, -0.2) is 9.97 Å². The smallest absolute Gasteiger partial charge is 0.163 e. The zero-order valence-electron chi connectivity index (χ0n) is 11.3. The third-order valence-electron chi connectivity index (χ3n) is 2.83. The summed E-state index contributed by atoms with van der Waals surface area (Å²) in [6.07, 6.45) is 0. The van der Waals surface area contributed by atoms with Crippen molar-refractivity contribution in [1.29, 1.82) is 0 Å². The van der Waals surface area contributed by atoms with Gasteiger partial charge in [-0.3, -0.25) is 0 Å². The molecule has 1 N–H and O–H groups in total. The molecule has 3 nitrogen and oxygen atoms in total. The summed E-state index contributed by atoms with van der Waals surface area (Å²) in [7, 11) is 1.87. The average molecular weight is 467 g/mol. The molecule has 0 bridgehead atoms. The van der Waals surface area contributed by atoms with Gasteiger partial charge in [0.2, 0.25) is 0 Å². The van der Waals surface area contributed by atoms with Gasteiger partial charge in [0, 0.05) is 22.1 Å². The molecule has 0 amide bonds. The van der Waals surface area contributed by atoms with Gasteiger partial charge in [-0.05, 0) is 46.7 Å². The highest BCUT2D eigenvalue weighted by Gasteiger charge is 2.16. The lowest BCUT2D eigenvalue weighted by atomic mass is 10.1. The Morgan fingerprint density at radius 2 is 2.00 bits per heavy atom. The molecule has 1 aromatic heterocycles. The molecular weight excluding hydrogens is 452 g/mol. The zero-order chi connectivity index (χ0) is 14.9. The summed E-state index contributed by atoms with van der Waals surface area (Å²) in [5, 5.41) is 3.80. The van der Waals surface area contributed by atoms with E-state index in [-0.39, 0.29) is 0 Å².